The molecule has 3 rings (SSSR count). The van der Waals surface area contributed by atoms with Gasteiger partial charge in [-0.05, 0) is 73.8 Å². The van der Waals surface area contributed by atoms with Crippen LogP contribution in [0.15, 0.2) is 45.3 Å². The molecule has 0 saturated carbocycles. The summed E-state index contributed by atoms with van der Waals surface area (Å²) in [6.45, 7) is 0. The number of ether oxygens (including phenoxy) is 1. The van der Waals surface area contributed by atoms with E-state index < -0.39 is 0 Å². The first kappa shape index (κ1) is 17.1. The molecule has 3 nitrogen and oxygen atoms in total. The molecule has 0 aliphatic carbocycles. The second-order valence-electron chi connectivity index (χ2n) is 4.92. The molecule has 7 heteroatoms. The fourth-order valence-electron chi connectivity index (χ4n) is 2.47. The number of carbonyl (C=O) groups is 1. The molecule has 1 atom stereocenters. The molecule has 0 N–H and O–H groups in total. The molecule has 0 radical (unpaired) electrons. The minimum atomic E-state index is -0.0813. The Morgan fingerprint density at radius 3 is 2.39 bits per heavy atom. The zero-order chi connectivity index (χ0) is 16.6. The summed E-state index contributed by atoms with van der Waals surface area (Å²) in [5.74, 6) is 1.28. The van der Waals surface area contributed by atoms with E-state index in [1.807, 2.05) is 29.2 Å². The third-order valence-corrected chi connectivity index (χ3v) is 6.12. The maximum Gasteiger partial charge on any atom is 0.238 e. The normalized spacial score (nSPS) is 17.7. The van der Waals surface area contributed by atoms with Gasteiger partial charge in [-0.3, -0.25) is 9.69 Å². The first-order valence-electron chi connectivity index (χ1n) is 6.73. The van der Waals surface area contributed by atoms with Gasteiger partial charge in [-0.2, -0.15) is 0 Å². The number of hydrogen-bond acceptors (Lipinski definition) is 3. The fraction of sp³-hybridized carbons (Fsp3) is 0.188. The molecule has 1 saturated heterocycles. The van der Waals surface area contributed by atoms with Crippen LogP contribution in [0.2, 0.25) is 5.02 Å². The van der Waals surface area contributed by atoms with Crippen LogP contribution in [0.1, 0.15) is 10.9 Å². The van der Waals surface area contributed by atoms with Gasteiger partial charge in [0.25, 0.3) is 0 Å². The summed E-state index contributed by atoms with van der Waals surface area (Å²) in [6.07, 6.45) is 0. The molecule has 1 aliphatic heterocycles. The number of anilines is 1. The summed E-state index contributed by atoms with van der Waals surface area (Å²) < 4.78 is 7.04. The van der Waals surface area contributed by atoms with Gasteiger partial charge in [0.1, 0.15) is 11.1 Å². The van der Waals surface area contributed by atoms with Crippen molar-refractivity contribution >= 4 is 66.8 Å². The van der Waals surface area contributed by atoms with Crippen LogP contribution in [0.3, 0.4) is 0 Å². The van der Waals surface area contributed by atoms with Crippen molar-refractivity contribution in [2.45, 2.75) is 5.37 Å². The van der Waals surface area contributed by atoms with E-state index in [-0.39, 0.29) is 11.3 Å². The van der Waals surface area contributed by atoms with E-state index in [4.69, 9.17) is 16.3 Å². The maximum atomic E-state index is 12.4. The highest BCUT2D eigenvalue weighted by atomic mass is 79.9. The molecular formula is C16H12Br2ClNO2S. The van der Waals surface area contributed by atoms with Crippen molar-refractivity contribution in [3.8, 4) is 5.75 Å². The molecule has 1 fully saturated rings. The van der Waals surface area contributed by atoms with Gasteiger partial charge >= 0.3 is 0 Å². The lowest BCUT2D eigenvalue weighted by molar-refractivity contribution is -0.115. The molecule has 1 amide bonds. The number of thioether (sulfide) groups is 1. The van der Waals surface area contributed by atoms with E-state index in [2.05, 4.69) is 31.9 Å². The fourth-order valence-corrected chi connectivity index (χ4v) is 5.30. The van der Waals surface area contributed by atoms with Crippen LogP contribution in [0.4, 0.5) is 5.69 Å². The minimum absolute atomic E-state index is 0.0813. The van der Waals surface area contributed by atoms with Gasteiger partial charge in [0.15, 0.2) is 0 Å². The van der Waals surface area contributed by atoms with Crippen LogP contribution in [0.25, 0.3) is 0 Å². The minimum Gasteiger partial charge on any atom is -0.494 e. The van der Waals surface area contributed by atoms with Crippen LogP contribution in [0.5, 0.6) is 5.75 Å². The van der Waals surface area contributed by atoms with Gasteiger partial charge in [0, 0.05) is 10.7 Å². The van der Waals surface area contributed by atoms with E-state index in [0.29, 0.717) is 10.8 Å². The summed E-state index contributed by atoms with van der Waals surface area (Å²) in [4.78, 5) is 14.2. The molecule has 0 spiro atoms. The standard InChI is InChI=1S/C16H12Br2ClNO2S/c1-22-15-12(17)6-9(7-13(15)18)16-20(14(21)8-23-16)11-4-2-10(19)3-5-11/h2-7,16H,8H2,1H3/t16-/m1/s1. The first-order chi connectivity index (χ1) is 11.0. The molecule has 0 bridgehead atoms. The van der Waals surface area contributed by atoms with Crippen molar-refractivity contribution in [1.82, 2.24) is 0 Å². The smallest absolute Gasteiger partial charge is 0.238 e. The molecule has 2 aromatic carbocycles. The van der Waals surface area contributed by atoms with Crippen LogP contribution >= 0.6 is 55.2 Å². The second-order valence-corrected chi connectivity index (χ2v) is 8.13. The SMILES string of the molecule is COc1c(Br)cc([C@H]2SCC(=O)N2c2ccc(Cl)cc2)cc1Br. The highest BCUT2D eigenvalue weighted by Crippen LogP contribution is 2.45. The number of rotatable bonds is 3. The quantitative estimate of drug-likeness (QED) is 0.572. The topological polar surface area (TPSA) is 29.5 Å². The van der Waals surface area contributed by atoms with Gasteiger partial charge in [-0.15, -0.1) is 11.8 Å². The number of hydrogen-bond donors (Lipinski definition) is 0. The van der Waals surface area contributed by atoms with Gasteiger partial charge < -0.3 is 4.74 Å². The molecule has 2 aromatic rings. The Morgan fingerprint density at radius 1 is 1.22 bits per heavy atom. The van der Waals surface area contributed by atoms with Crippen molar-refractivity contribution in [2.75, 3.05) is 17.8 Å². The Hall–Kier alpha value is -0.690. The molecule has 0 aromatic heterocycles. The monoisotopic (exact) mass is 475 g/mol. The van der Waals surface area contributed by atoms with E-state index in [9.17, 15) is 4.79 Å². The van der Waals surface area contributed by atoms with Gasteiger partial charge in [0.2, 0.25) is 5.91 Å². The summed E-state index contributed by atoms with van der Waals surface area (Å²) in [5, 5.41) is 0.571. The highest BCUT2D eigenvalue weighted by molar-refractivity contribution is 9.11. The summed E-state index contributed by atoms with van der Waals surface area (Å²) in [5.41, 5.74) is 1.87. The number of benzene rings is 2. The lowest BCUT2D eigenvalue weighted by Gasteiger charge is -2.25. The van der Waals surface area contributed by atoms with Crippen molar-refractivity contribution in [1.29, 1.82) is 0 Å². The summed E-state index contributed by atoms with van der Waals surface area (Å²) >= 11 is 14.6. The number of amides is 1. The average Bonchev–Trinajstić information content (AvgIpc) is 2.89. The van der Waals surface area contributed by atoms with Crippen molar-refractivity contribution in [3.63, 3.8) is 0 Å². The predicted octanol–water partition coefficient (Wildman–Crippen LogP) is 5.65. The zero-order valence-electron chi connectivity index (χ0n) is 12.1. The molecule has 1 heterocycles. The third-order valence-electron chi connectivity index (χ3n) is 3.48. The number of nitrogens with zero attached hydrogens (tertiary/aromatic N) is 1. The molecule has 1 aliphatic rings. The van der Waals surface area contributed by atoms with Crippen molar-refractivity contribution < 1.29 is 9.53 Å². The maximum absolute atomic E-state index is 12.4. The van der Waals surface area contributed by atoms with E-state index in [0.717, 1.165) is 25.9 Å². The van der Waals surface area contributed by atoms with Gasteiger partial charge in [-0.25, -0.2) is 0 Å². The highest BCUT2D eigenvalue weighted by Gasteiger charge is 2.34. The predicted molar refractivity (Wildman–Crippen MR) is 103 cm³/mol. The Morgan fingerprint density at radius 2 is 1.83 bits per heavy atom. The molecule has 0 unspecified atom stereocenters. The van der Waals surface area contributed by atoms with E-state index >= 15 is 0 Å². The Balaban J connectivity index is 2.01. The molecular weight excluding hydrogens is 466 g/mol. The van der Waals surface area contributed by atoms with Crippen LogP contribution < -0.4 is 9.64 Å². The second kappa shape index (κ2) is 7.05. The third kappa shape index (κ3) is 3.40. The number of halogens is 3. The average molecular weight is 478 g/mol. The van der Waals surface area contributed by atoms with Gasteiger partial charge in [0.05, 0.1) is 21.8 Å². The largest absolute Gasteiger partial charge is 0.494 e. The Labute approximate surface area is 160 Å². The number of methoxy groups -OCH3 is 1. The van der Waals surface area contributed by atoms with Crippen LogP contribution in [-0.4, -0.2) is 18.8 Å². The number of carbonyl (C=O) groups excluding carboxylic acids is 1. The van der Waals surface area contributed by atoms with Crippen LogP contribution in [0, 0.1) is 0 Å². The summed E-state index contributed by atoms with van der Waals surface area (Å²) in [6, 6.07) is 11.3. The zero-order valence-corrected chi connectivity index (χ0v) is 16.8. The Bertz CT molecular complexity index is 731. The Kier molecular flexibility index (Phi) is 5.26. The van der Waals surface area contributed by atoms with Gasteiger partial charge in [-0.1, -0.05) is 11.6 Å². The first-order valence-corrected chi connectivity index (χ1v) is 9.74. The lowest BCUT2D eigenvalue weighted by Crippen LogP contribution is -2.27. The van der Waals surface area contributed by atoms with E-state index in [1.165, 1.54) is 0 Å². The lowest BCUT2D eigenvalue weighted by atomic mass is 10.1. The van der Waals surface area contributed by atoms with Crippen molar-refractivity contribution in [2.24, 2.45) is 0 Å². The summed E-state index contributed by atoms with van der Waals surface area (Å²) in [7, 11) is 1.62. The molecule has 120 valence electrons. The molecule has 23 heavy (non-hydrogen) atoms. The van der Waals surface area contributed by atoms with E-state index in [1.54, 1.807) is 31.0 Å². The van der Waals surface area contributed by atoms with Crippen LogP contribution in [-0.2, 0) is 4.79 Å². The van der Waals surface area contributed by atoms with Crippen molar-refractivity contribution in [3.05, 3.63) is 55.9 Å².